The Balaban J connectivity index is 1.08. The Kier molecular flexibility index (Phi) is 10.0. The van der Waals surface area contributed by atoms with Crippen molar-refractivity contribution in [2.75, 3.05) is 9.80 Å². The van der Waals surface area contributed by atoms with Gasteiger partial charge in [0.05, 0.1) is 22.2 Å². The lowest BCUT2D eigenvalue weighted by Crippen LogP contribution is -2.13. The van der Waals surface area contributed by atoms with Crippen LogP contribution in [-0.2, 0) is 10.8 Å². The highest BCUT2D eigenvalue weighted by Gasteiger charge is 2.27. The maximum atomic E-state index is 7.00. The highest BCUT2D eigenvalue weighted by Crippen LogP contribution is 2.50. The van der Waals surface area contributed by atoms with Crippen molar-refractivity contribution in [2.45, 2.75) is 99.8 Å². The van der Waals surface area contributed by atoms with Crippen molar-refractivity contribution in [3.63, 3.8) is 0 Å². The third-order valence-corrected chi connectivity index (χ3v) is 15.6. The lowest BCUT2D eigenvalue weighted by molar-refractivity contribution is 0.590. The van der Waals surface area contributed by atoms with E-state index in [1.54, 1.807) is 0 Å². The summed E-state index contributed by atoms with van der Waals surface area (Å²) in [7, 11) is 0. The van der Waals surface area contributed by atoms with Crippen molar-refractivity contribution in [2.24, 2.45) is 0 Å². The molecule has 0 aliphatic heterocycles. The minimum Gasteiger partial charge on any atom is -0.456 e. The molecule has 0 saturated heterocycles. The SMILES string of the molecule is Cc1ccc(N(c2ccc(C(C)(C)C)cc2)c2ccc3c(c2)oc2cc4c(ccc5c6ccc(N(c7ccc(C(C)(C)C)cc7)c7ccc(C)c(C)c7)c7c8cc(C(C)C)ccc8n(c45)c67)cc23)cc1C. The van der Waals surface area contributed by atoms with Crippen LogP contribution >= 0.6 is 0 Å². The van der Waals surface area contributed by atoms with Crippen molar-refractivity contribution in [3.8, 4) is 0 Å². The lowest BCUT2D eigenvalue weighted by Gasteiger charge is -2.28. The summed E-state index contributed by atoms with van der Waals surface area (Å²) in [6.07, 6.45) is 0. The third-order valence-electron chi connectivity index (χ3n) is 15.6. The van der Waals surface area contributed by atoms with E-state index in [0.29, 0.717) is 5.92 Å². The second kappa shape index (κ2) is 16.0. The summed E-state index contributed by atoms with van der Waals surface area (Å²) in [5.74, 6) is 0.380. The quantitative estimate of drug-likeness (QED) is 0.159. The van der Waals surface area contributed by atoms with Crippen LogP contribution in [0.2, 0.25) is 0 Å². The Morgan fingerprint density at radius 3 is 1.54 bits per heavy atom. The van der Waals surface area contributed by atoms with Crippen LogP contribution in [0.15, 0.2) is 162 Å². The summed E-state index contributed by atoms with van der Waals surface area (Å²) in [6, 6.07) is 59.8. The van der Waals surface area contributed by atoms with Crippen molar-refractivity contribution in [1.82, 2.24) is 4.40 Å². The van der Waals surface area contributed by atoms with Crippen molar-refractivity contribution < 1.29 is 4.42 Å². The van der Waals surface area contributed by atoms with Gasteiger partial charge in [0.2, 0.25) is 0 Å². The minimum absolute atomic E-state index is 0.0467. The molecule has 0 saturated carbocycles. The van der Waals surface area contributed by atoms with Gasteiger partial charge in [0.25, 0.3) is 0 Å². The number of hydrogen-bond acceptors (Lipinski definition) is 3. The summed E-state index contributed by atoms with van der Waals surface area (Å²) >= 11 is 0. The molecule has 0 atom stereocenters. The maximum Gasteiger partial charge on any atom is 0.137 e. The topological polar surface area (TPSA) is 24.0 Å². The van der Waals surface area contributed by atoms with Crippen LogP contribution in [0, 0.1) is 27.7 Å². The summed E-state index contributed by atoms with van der Waals surface area (Å²) in [5, 5.41) is 9.63. The number of rotatable bonds is 7. The molecule has 0 fully saturated rings. The first-order valence-corrected chi connectivity index (χ1v) is 25.4. The second-order valence-electron chi connectivity index (χ2n) is 22.7. The van der Waals surface area contributed by atoms with E-state index >= 15 is 0 Å². The molecule has 352 valence electrons. The zero-order valence-corrected chi connectivity index (χ0v) is 43.3. The van der Waals surface area contributed by atoms with E-state index in [0.717, 1.165) is 50.4 Å². The largest absolute Gasteiger partial charge is 0.456 e. The average Bonchev–Trinajstić information content (AvgIpc) is 3.99. The Hall–Kier alpha value is -7.56. The van der Waals surface area contributed by atoms with E-state index in [4.69, 9.17) is 4.42 Å². The first-order chi connectivity index (χ1) is 33.9. The molecule has 71 heavy (non-hydrogen) atoms. The van der Waals surface area contributed by atoms with Gasteiger partial charge in [-0.15, -0.1) is 0 Å². The van der Waals surface area contributed by atoms with Gasteiger partial charge in [0.1, 0.15) is 11.2 Å². The summed E-state index contributed by atoms with van der Waals surface area (Å²) in [6.45, 7) is 27.0. The van der Waals surface area contributed by atoms with Gasteiger partial charge in [-0.25, -0.2) is 0 Å². The fourth-order valence-corrected chi connectivity index (χ4v) is 11.1. The van der Waals surface area contributed by atoms with Gasteiger partial charge in [-0.2, -0.15) is 0 Å². The number of nitrogens with zero attached hydrogens (tertiary/aromatic N) is 3. The summed E-state index contributed by atoms with van der Waals surface area (Å²) in [5.41, 5.74) is 21.4. The molecule has 0 aliphatic rings. The molecule has 0 bridgehead atoms. The number of fused-ring (bicyclic) bond motifs is 11. The van der Waals surface area contributed by atoms with Gasteiger partial charge in [0.15, 0.2) is 0 Å². The number of anilines is 6. The van der Waals surface area contributed by atoms with E-state index < -0.39 is 0 Å². The number of aromatic nitrogens is 1. The molecule has 0 radical (unpaired) electrons. The van der Waals surface area contributed by atoms with Crippen LogP contribution in [-0.4, -0.2) is 4.40 Å². The van der Waals surface area contributed by atoms with E-state index in [9.17, 15) is 0 Å². The van der Waals surface area contributed by atoms with Gasteiger partial charge in [-0.1, -0.05) is 116 Å². The molecule has 3 aromatic heterocycles. The smallest absolute Gasteiger partial charge is 0.137 e. The van der Waals surface area contributed by atoms with Gasteiger partial charge < -0.3 is 18.6 Å². The standard InChI is InChI=1S/C67H63N3O/c1-39(2)44-16-31-59-58(35-44)63-60(69(51-22-14-41(4)43(6)34-51)49-25-19-47(20-26-49)67(10,11)12)32-30-55-54-28-15-45-36-57-53-29-27-52(37-61(53)71-62(57)38-56(45)64(54)70(59)65(55)63)68(50-21-13-40(3)42(5)33-50)48-23-17-46(18-24-48)66(7,8)9/h13-39H,1-12H3. The average molecular weight is 926 g/mol. The highest BCUT2D eigenvalue weighted by atomic mass is 16.3. The molecular formula is C67H63N3O. The van der Waals surface area contributed by atoms with Gasteiger partial charge in [0, 0.05) is 72.2 Å². The van der Waals surface area contributed by atoms with Crippen LogP contribution in [0.1, 0.15) is 100 Å². The van der Waals surface area contributed by atoms with E-state index in [1.807, 2.05) is 0 Å². The number of benzene rings is 9. The Labute approximate surface area is 418 Å². The van der Waals surface area contributed by atoms with Crippen LogP contribution in [0.4, 0.5) is 34.1 Å². The number of aryl methyl sites for hydroxylation is 4. The Morgan fingerprint density at radius 1 is 0.408 bits per heavy atom. The second-order valence-corrected chi connectivity index (χ2v) is 22.7. The molecule has 3 heterocycles. The normalized spacial score (nSPS) is 12.6. The predicted molar refractivity (Wildman–Crippen MR) is 306 cm³/mol. The van der Waals surface area contributed by atoms with Crippen molar-refractivity contribution in [3.05, 3.63) is 197 Å². The zero-order chi connectivity index (χ0) is 49.4. The molecule has 0 N–H and O–H groups in total. The molecule has 0 amide bonds. The molecule has 12 rings (SSSR count). The molecule has 9 aromatic carbocycles. The first kappa shape index (κ1) is 44.6. The van der Waals surface area contributed by atoms with Gasteiger partial charge >= 0.3 is 0 Å². The fraction of sp³-hybridized carbons (Fsp3) is 0.224. The number of hydrogen-bond donors (Lipinski definition) is 0. The van der Waals surface area contributed by atoms with Gasteiger partial charge in [-0.3, -0.25) is 0 Å². The van der Waals surface area contributed by atoms with Crippen LogP contribution in [0.5, 0.6) is 0 Å². The van der Waals surface area contributed by atoms with Crippen LogP contribution < -0.4 is 9.80 Å². The third kappa shape index (κ3) is 7.16. The first-order valence-electron chi connectivity index (χ1n) is 25.4. The Bertz CT molecular complexity index is 4080. The monoisotopic (exact) mass is 925 g/mol. The number of furan rings is 1. The van der Waals surface area contributed by atoms with E-state index in [2.05, 4.69) is 255 Å². The fourth-order valence-electron chi connectivity index (χ4n) is 11.1. The molecule has 0 unspecified atom stereocenters. The van der Waals surface area contributed by atoms with Crippen LogP contribution in [0.25, 0.3) is 70.8 Å². The van der Waals surface area contributed by atoms with E-state index in [-0.39, 0.29) is 10.8 Å². The molecule has 4 heteroatoms. The van der Waals surface area contributed by atoms with Crippen molar-refractivity contribution >= 4 is 105 Å². The van der Waals surface area contributed by atoms with E-state index in [1.165, 1.54) is 93.5 Å². The summed E-state index contributed by atoms with van der Waals surface area (Å²) < 4.78 is 9.57. The zero-order valence-electron chi connectivity index (χ0n) is 43.3. The Morgan fingerprint density at radius 2 is 0.930 bits per heavy atom. The molecule has 0 spiro atoms. The lowest BCUT2D eigenvalue weighted by atomic mass is 9.87. The molecule has 4 nitrogen and oxygen atoms in total. The molecule has 0 aliphatic carbocycles. The highest BCUT2D eigenvalue weighted by molar-refractivity contribution is 6.31. The molecule has 12 aromatic rings. The predicted octanol–water partition coefficient (Wildman–Crippen LogP) is 19.8. The summed E-state index contributed by atoms with van der Waals surface area (Å²) in [4.78, 5) is 4.84. The minimum atomic E-state index is 0.0467. The van der Waals surface area contributed by atoms with Gasteiger partial charge in [-0.05, 0) is 180 Å². The van der Waals surface area contributed by atoms with Crippen LogP contribution in [0.3, 0.4) is 0 Å². The van der Waals surface area contributed by atoms with Crippen molar-refractivity contribution in [1.29, 1.82) is 0 Å². The maximum absolute atomic E-state index is 7.00. The molecular weight excluding hydrogens is 863 g/mol.